The van der Waals surface area contributed by atoms with E-state index in [0.29, 0.717) is 11.3 Å². The molecule has 9 heteroatoms. The molecule has 0 unspecified atom stereocenters. The van der Waals surface area contributed by atoms with Crippen molar-refractivity contribution in [2.24, 2.45) is 0 Å². The summed E-state index contributed by atoms with van der Waals surface area (Å²) in [6.07, 6.45) is 5.02. The lowest BCUT2D eigenvalue weighted by molar-refractivity contribution is -0.119. The number of anilines is 1. The van der Waals surface area contributed by atoms with Crippen LogP contribution in [0.5, 0.6) is 0 Å². The topological polar surface area (TPSA) is 119 Å². The normalized spacial score (nSPS) is 10.6. The lowest BCUT2D eigenvalue weighted by atomic mass is 10.1. The van der Waals surface area contributed by atoms with Crippen LogP contribution in [0.4, 0.5) is 5.69 Å². The molecular formula is C20H18N2O6S. The lowest BCUT2D eigenvalue weighted by Crippen LogP contribution is -2.24. The van der Waals surface area contributed by atoms with E-state index >= 15 is 0 Å². The van der Waals surface area contributed by atoms with Crippen molar-refractivity contribution in [2.75, 3.05) is 18.5 Å². The molecule has 0 saturated carbocycles. The van der Waals surface area contributed by atoms with Crippen molar-refractivity contribution in [2.45, 2.75) is 11.8 Å². The minimum atomic E-state index is -3.77. The van der Waals surface area contributed by atoms with E-state index in [9.17, 15) is 22.8 Å². The number of hydrogen-bond acceptors (Lipinski definition) is 6. The smallest absolute Gasteiger partial charge is 0.338 e. The van der Waals surface area contributed by atoms with Gasteiger partial charge in [-0.2, -0.15) is 4.72 Å². The van der Waals surface area contributed by atoms with Gasteiger partial charge in [0.15, 0.2) is 12.4 Å². The van der Waals surface area contributed by atoms with Crippen molar-refractivity contribution in [1.82, 2.24) is 4.72 Å². The summed E-state index contributed by atoms with van der Waals surface area (Å²) in [6.45, 7) is 0.639. The molecule has 0 heterocycles. The molecule has 2 aromatic carbocycles. The zero-order chi connectivity index (χ0) is 21.4. The molecule has 0 aliphatic rings. The van der Waals surface area contributed by atoms with Crippen molar-refractivity contribution >= 4 is 33.4 Å². The van der Waals surface area contributed by atoms with Gasteiger partial charge in [-0.15, -0.1) is 6.42 Å². The summed E-state index contributed by atoms with van der Waals surface area (Å²) >= 11 is 0. The van der Waals surface area contributed by atoms with E-state index in [1.54, 1.807) is 24.3 Å². The molecular weight excluding hydrogens is 396 g/mol. The van der Waals surface area contributed by atoms with Gasteiger partial charge in [0, 0.05) is 5.56 Å². The maximum absolute atomic E-state index is 12.1. The first-order valence-electron chi connectivity index (χ1n) is 8.34. The van der Waals surface area contributed by atoms with Gasteiger partial charge in [0.1, 0.15) is 0 Å². The number of sulfonamides is 1. The first-order chi connectivity index (χ1) is 13.7. The van der Waals surface area contributed by atoms with E-state index in [-0.39, 0.29) is 22.8 Å². The molecule has 0 spiro atoms. The van der Waals surface area contributed by atoms with Crippen LogP contribution in [0.3, 0.4) is 0 Å². The van der Waals surface area contributed by atoms with Crippen molar-refractivity contribution in [3.63, 3.8) is 0 Å². The number of amides is 1. The minimum absolute atomic E-state index is 0.0668. The number of carbonyl (C=O) groups excluding carboxylic acids is 3. The summed E-state index contributed by atoms with van der Waals surface area (Å²) in [4.78, 5) is 35.6. The molecule has 150 valence electrons. The number of para-hydroxylation sites is 1. The molecule has 0 radical (unpaired) electrons. The number of rotatable bonds is 8. The molecule has 0 bridgehead atoms. The number of esters is 1. The van der Waals surface area contributed by atoms with Gasteiger partial charge in [0.05, 0.1) is 22.7 Å². The molecule has 0 atom stereocenters. The Morgan fingerprint density at radius 2 is 1.72 bits per heavy atom. The Balaban J connectivity index is 1.97. The van der Waals surface area contributed by atoms with E-state index < -0.39 is 28.5 Å². The highest BCUT2D eigenvalue weighted by molar-refractivity contribution is 7.89. The van der Waals surface area contributed by atoms with Gasteiger partial charge in [-0.3, -0.25) is 9.59 Å². The van der Waals surface area contributed by atoms with Crippen LogP contribution < -0.4 is 10.0 Å². The Morgan fingerprint density at radius 1 is 1.07 bits per heavy atom. The maximum Gasteiger partial charge on any atom is 0.338 e. The lowest BCUT2D eigenvalue weighted by Gasteiger charge is -2.10. The third kappa shape index (κ3) is 6.00. The number of Topliss-reactive ketones (excluding diaryl/α,β-unsaturated/α-hetero) is 1. The molecule has 0 aliphatic carbocycles. The van der Waals surface area contributed by atoms with Gasteiger partial charge in [-0.05, 0) is 43.3 Å². The second kappa shape index (κ2) is 9.64. The van der Waals surface area contributed by atoms with Crippen molar-refractivity contribution in [3.8, 4) is 12.3 Å². The zero-order valence-corrected chi connectivity index (χ0v) is 16.3. The summed E-state index contributed by atoms with van der Waals surface area (Å²) in [6, 6.07) is 11.4. The number of ketones is 1. The fourth-order valence-corrected chi connectivity index (χ4v) is 3.22. The molecule has 2 aromatic rings. The quantitative estimate of drug-likeness (QED) is 0.385. The third-order valence-corrected chi connectivity index (χ3v) is 5.10. The molecule has 0 aromatic heterocycles. The number of ether oxygens (including phenoxy) is 1. The van der Waals surface area contributed by atoms with Gasteiger partial charge in [0.2, 0.25) is 10.0 Å². The Hall–Kier alpha value is -3.48. The Labute approximate surface area is 168 Å². The Bertz CT molecular complexity index is 1070. The van der Waals surface area contributed by atoms with Crippen LogP contribution in [0.2, 0.25) is 0 Å². The highest BCUT2D eigenvalue weighted by Gasteiger charge is 2.16. The first kappa shape index (κ1) is 21.8. The Morgan fingerprint density at radius 3 is 2.34 bits per heavy atom. The van der Waals surface area contributed by atoms with Crippen molar-refractivity contribution in [1.29, 1.82) is 0 Å². The maximum atomic E-state index is 12.1. The molecule has 2 N–H and O–H groups in total. The van der Waals surface area contributed by atoms with Crippen LogP contribution in [-0.4, -0.2) is 39.2 Å². The van der Waals surface area contributed by atoms with E-state index in [4.69, 9.17) is 11.2 Å². The average Bonchev–Trinajstić information content (AvgIpc) is 2.71. The number of hydrogen-bond donors (Lipinski definition) is 2. The predicted molar refractivity (Wildman–Crippen MR) is 106 cm³/mol. The molecule has 0 aliphatic heterocycles. The van der Waals surface area contributed by atoms with E-state index in [1.165, 1.54) is 31.2 Å². The summed E-state index contributed by atoms with van der Waals surface area (Å²) < 4.78 is 31.0. The minimum Gasteiger partial charge on any atom is -0.452 e. The van der Waals surface area contributed by atoms with E-state index in [1.807, 2.05) is 0 Å². The Kier molecular flexibility index (Phi) is 7.25. The molecule has 0 fully saturated rings. The van der Waals surface area contributed by atoms with E-state index in [0.717, 1.165) is 0 Å². The van der Waals surface area contributed by atoms with Crippen molar-refractivity contribution in [3.05, 3.63) is 59.7 Å². The third-order valence-electron chi connectivity index (χ3n) is 3.68. The van der Waals surface area contributed by atoms with Crippen LogP contribution in [0.15, 0.2) is 53.4 Å². The summed E-state index contributed by atoms with van der Waals surface area (Å²) in [5.74, 6) is 0.513. The fraction of sp³-hybridized carbons (Fsp3) is 0.150. The first-order valence-corrected chi connectivity index (χ1v) is 9.83. The fourth-order valence-electron chi connectivity index (χ4n) is 2.29. The van der Waals surface area contributed by atoms with Crippen molar-refractivity contribution < 1.29 is 27.5 Å². The standard InChI is InChI=1S/C20H18N2O6S/c1-3-12-21-29(26,27)16-10-8-15(9-11-16)20(25)28-13-19(24)22-18-7-5-4-6-17(18)14(2)23/h1,4-11,21H,12-13H2,2H3,(H,22,24). The largest absolute Gasteiger partial charge is 0.452 e. The molecule has 2 rings (SSSR count). The predicted octanol–water partition coefficient (Wildman–Crippen LogP) is 1.60. The monoisotopic (exact) mass is 414 g/mol. The molecule has 29 heavy (non-hydrogen) atoms. The number of terminal acetylenes is 1. The average molecular weight is 414 g/mol. The molecule has 0 saturated heterocycles. The summed E-state index contributed by atoms with van der Waals surface area (Å²) in [5.41, 5.74) is 0.718. The second-order valence-corrected chi connectivity index (χ2v) is 7.55. The molecule has 1 amide bonds. The number of benzene rings is 2. The van der Waals surface area contributed by atoms with Gasteiger partial charge in [-0.1, -0.05) is 18.1 Å². The van der Waals surface area contributed by atoms with Crippen LogP contribution in [0.1, 0.15) is 27.6 Å². The van der Waals surface area contributed by atoms with Crippen LogP contribution in [0.25, 0.3) is 0 Å². The summed E-state index contributed by atoms with van der Waals surface area (Å²) in [5, 5.41) is 2.51. The van der Waals surface area contributed by atoms with Crippen LogP contribution >= 0.6 is 0 Å². The zero-order valence-electron chi connectivity index (χ0n) is 15.5. The number of nitrogens with one attached hydrogen (secondary N) is 2. The second-order valence-electron chi connectivity index (χ2n) is 5.78. The SMILES string of the molecule is C#CCNS(=O)(=O)c1ccc(C(=O)OCC(=O)Nc2ccccc2C(C)=O)cc1. The highest BCUT2D eigenvalue weighted by Crippen LogP contribution is 2.15. The van der Waals surface area contributed by atoms with Gasteiger partial charge in [-0.25, -0.2) is 13.2 Å². The van der Waals surface area contributed by atoms with Crippen LogP contribution in [0, 0.1) is 12.3 Å². The van der Waals surface area contributed by atoms with E-state index in [2.05, 4.69) is 16.0 Å². The number of carbonyl (C=O) groups is 3. The van der Waals surface area contributed by atoms with Crippen LogP contribution in [-0.2, 0) is 19.6 Å². The molecule has 8 nitrogen and oxygen atoms in total. The summed E-state index contributed by atoms with van der Waals surface area (Å²) in [7, 11) is -3.77. The van der Waals surface area contributed by atoms with Gasteiger partial charge >= 0.3 is 5.97 Å². The highest BCUT2D eigenvalue weighted by atomic mass is 32.2. The van der Waals surface area contributed by atoms with Gasteiger partial charge < -0.3 is 10.1 Å². The van der Waals surface area contributed by atoms with Gasteiger partial charge in [0.25, 0.3) is 5.91 Å².